The van der Waals surface area contributed by atoms with E-state index in [1.807, 2.05) is 0 Å². The van der Waals surface area contributed by atoms with Gasteiger partial charge in [-0.3, -0.25) is 4.79 Å². The van der Waals surface area contributed by atoms with Gasteiger partial charge in [0, 0.05) is 0 Å². The monoisotopic (exact) mass is 254 g/mol. The first kappa shape index (κ1) is 12.0. The fourth-order valence-electron chi connectivity index (χ4n) is 1.28. The predicted molar refractivity (Wildman–Crippen MR) is 56.5 cm³/mol. The minimum Gasteiger partial charge on any atom is -0.435 e. The summed E-state index contributed by atoms with van der Waals surface area (Å²) in [5.41, 5.74) is 5.54. The number of benzene rings is 1. The summed E-state index contributed by atoms with van der Waals surface area (Å²) < 4.78 is 29.4. The Kier molecular flexibility index (Phi) is 3.18. The molecule has 0 atom stereocenters. The Bertz CT molecular complexity index is 553. The fraction of sp³-hybridized carbons (Fsp3) is 0.100. The van der Waals surface area contributed by atoms with Crippen molar-refractivity contribution in [2.24, 2.45) is 5.73 Å². The molecule has 0 aliphatic heterocycles. The second kappa shape index (κ2) is 4.78. The number of nitrogens with two attached hydrogens (primary N) is 1. The lowest BCUT2D eigenvalue weighted by atomic mass is 10.3. The molecule has 1 heterocycles. The summed E-state index contributed by atoms with van der Waals surface area (Å²) in [5, 5.41) is 3.81. The number of amides is 1. The van der Waals surface area contributed by atoms with E-state index < -0.39 is 12.5 Å². The molecule has 2 rings (SSSR count). The summed E-state index contributed by atoms with van der Waals surface area (Å²) in [6.45, 7) is -2.87. The summed E-state index contributed by atoms with van der Waals surface area (Å²) in [4.78, 5) is 14.5. The Labute approximate surface area is 100.0 Å². The summed E-state index contributed by atoms with van der Waals surface area (Å²) >= 11 is 0. The maximum Gasteiger partial charge on any atom is 0.387 e. The molecular weight excluding hydrogens is 246 g/mol. The minimum atomic E-state index is -2.87. The average Bonchev–Trinajstić information content (AvgIpc) is 2.78. The van der Waals surface area contributed by atoms with E-state index in [0.29, 0.717) is 5.69 Å². The first-order chi connectivity index (χ1) is 8.56. The van der Waals surface area contributed by atoms with Gasteiger partial charge in [-0.25, -0.2) is 9.67 Å². The predicted octanol–water partition coefficient (Wildman–Crippen LogP) is 0.968. The number of hydrogen-bond acceptors (Lipinski definition) is 4. The molecule has 6 nitrogen and oxygen atoms in total. The fourth-order valence-corrected chi connectivity index (χ4v) is 1.28. The van der Waals surface area contributed by atoms with Crippen LogP contribution in [0.25, 0.3) is 5.69 Å². The number of ether oxygens (including phenoxy) is 1. The smallest absolute Gasteiger partial charge is 0.387 e. The van der Waals surface area contributed by atoms with E-state index in [9.17, 15) is 13.6 Å². The standard InChI is InChI=1S/C10H8F2N4O2/c11-10(12)18-7-3-1-6(2-4-7)16-5-14-9(15-16)8(13)17/h1-5,10H,(H2,13,17). The van der Waals surface area contributed by atoms with Crippen LogP contribution >= 0.6 is 0 Å². The van der Waals surface area contributed by atoms with Crippen LogP contribution in [0.3, 0.4) is 0 Å². The average molecular weight is 254 g/mol. The zero-order valence-electron chi connectivity index (χ0n) is 8.96. The van der Waals surface area contributed by atoms with E-state index in [1.165, 1.54) is 35.3 Å². The highest BCUT2D eigenvalue weighted by Crippen LogP contribution is 2.16. The second-order valence-corrected chi connectivity index (χ2v) is 3.25. The molecule has 0 fully saturated rings. The Hall–Kier alpha value is -2.51. The van der Waals surface area contributed by atoms with Gasteiger partial charge in [-0.1, -0.05) is 0 Å². The zero-order chi connectivity index (χ0) is 13.1. The van der Waals surface area contributed by atoms with Gasteiger partial charge < -0.3 is 10.5 Å². The molecule has 0 saturated carbocycles. The molecule has 2 aromatic rings. The summed E-state index contributed by atoms with van der Waals surface area (Å²) in [7, 11) is 0. The number of hydrogen-bond donors (Lipinski definition) is 1. The largest absolute Gasteiger partial charge is 0.435 e. The van der Waals surface area contributed by atoms with E-state index >= 15 is 0 Å². The van der Waals surface area contributed by atoms with Gasteiger partial charge >= 0.3 is 6.61 Å². The van der Waals surface area contributed by atoms with Crippen LogP contribution in [-0.2, 0) is 0 Å². The molecule has 0 unspecified atom stereocenters. The summed E-state index contributed by atoms with van der Waals surface area (Å²) in [6.07, 6.45) is 1.29. The number of carbonyl (C=O) groups is 1. The lowest BCUT2D eigenvalue weighted by Crippen LogP contribution is -2.13. The molecule has 94 valence electrons. The number of primary amides is 1. The SMILES string of the molecule is NC(=O)c1ncn(-c2ccc(OC(F)F)cc2)n1. The maximum absolute atomic E-state index is 11.9. The van der Waals surface area contributed by atoms with E-state index in [-0.39, 0.29) is 11.6 Å². The third kappa shape index (κ3) is 2.59. The quantitative estimate of drug-likeness (QED) is 0.881. The molecule has 2 N–H and O–H groups in total. The topological polar surface area (TPSA) is 83.0 Å². The van der Waals surface area contributed by atoms with Crippen LogP contribution in [0.5, 0.6) is 5.75 Å². The van der Waals surface area contributed by atoms with Crippen LogP contribution in [0.2, 0.25) is 0 Å². The number of carbonyl (C=O) groups excluding carboxylic acids is 1. The second-order valence-electron chi connectivity index (χ2n) is 3.25. The molecule has 0 saturated heterocycles. The van der Waals surface area contributed by atoms with Gasteiger partial charge in [0.25, 0.3) is 5.91 Å². The molecule has 0 radical (unpaired) electrons. The van der Waals surface area contributed by atoms with Crippen LogP contribution in [-0.4, -0.2) is 27.3 Å². The van der Waals surface area contributed by atoms with Crippen molar-refractivity contribution < 1.29 is 18.3 Å². The molecule has 18 heavy (non-hydrogen) atoms. The molecular formula is C10H8F2N4O2. The number of rotatable bonds is 4. The maximum atomic E-state index is 11.9. The van der Waals surface area contributed by atoms with Crippen molar-refractivity contribution in [3.8, 4) is 11.4 Å². The van der Waals surface area contributed by atoms with Crippen LogP contribution in [0, 0.1) is 0 Å². The van der Waals surface area contributed by atoms with Gasteiger partial charge in [-0.2, -0.15) is 8.78 Å². The number of nitrogens with zero attached hydrogens (tertiary/aromatic N) is 3. The van der Waals surface area contributed by atoms with Gasteiger partial charge in [0.15, 0.2) is 0 Å². The van der Waals surface area contributed by atoms with E-state index in [1.54, 1.807) is 0 Å². The van der Waals surface area contributed by atoms with Crippen molar-refractivity contribution in [3.63, 3.8) is 0 Å². The van der Waals surface area contributed by atoms with Crippen molar-refractivity contribution >= 4 is 5.91 Å². The third-order valence-corrected chi connectivity index (χ3v) is 2.04. The summed E-state index contributed by atoms with van der Waals surface area (Å²) in [6, 6.07) is 5.70. The van der Waals surface area contributed by atoms with Crippen LogP contribution < -0.4 is 10.5 Å². The molecule has 1 aromatic carbocycles. The zero-order valence-corrected chi connectivity index (χ0v) is 8.96. The van der Waals surface area contributed by atoms with E-state index in [0.717, 1.165) is 0 Å². The van der Waals surface area contributed by atoms with Gasteiger partial charge in [-0.15, -0.1) is 5.10 Å². The van der Waals surface area contributed by atoms with Crippen molar-refractivity contribution in [3.05, 3.63) is 36.4 Å². The Morgan fingerprint density at radius 3 is 2.50 bits per heavy atom. The highest BCUT2D eigenvalue weighted by molar-refractivity contribution is 5.88. The van der Waals surface area contributed by atoms with Crippen LogP contribution in [0.15, 0.2) is 30.6 Å². The third-order valence-electron chi connectivity index (χ3n) is 2.04. The van der Waals surface area contributed by atoms with Crippen LogP contribution in [0.1, 0.15) is 10.6 Å². The number of alkyl halides is 2. The lowest BCUT2D eigenvalue weighted by Gasteiger charge is -2.05. The highest BCUT2D eigenvalue weighted by atomic mass is 19.3. The van der Waals surface area contributed by atoms with Crippen molar-refractivity contribution in [2.75, 3.05) is 0 Å². The van der Waals surface area contributed by atoms with E-state index in [2.05, 4.69) is 14.8 Å². The molecule has 0 bridgehead atoms. The molecule has 8 heteroatoms. The molecule has 0 aliphatic carbocycles. The number of halogens is 2. The normalized spacial score (nSPS) is 10.6. The molecule has 0 aliphatic rings. The Balaban J connectivity index is 2.20. The van der Waals surface area contributed by atoms with Gasteiger partial charge in [0.2, 0.25) is 5.82 Å². The first-order valence-corrected chi connectivity index (χ1v) is 4.83. The minimum absolute atomic E-state index is 0.0315. The highest BCUT2D eigenvalue weighted by Gasteiger charge is 2.08. The Morgan fingerprint density at radius 1 is 1.33 bits per heavy atom. The molecule has 0 spiro atoms. The van der Waals surface area contributed by atoms with Gasteiger partial charge in [0.05, 0.1) is 5.69 Å². The summed E-state index contributed by atoms with van der Waals surface area (Å²) in [5.74, 6) is -0.835. The molecule has 1 aromatic heterocycles. The first-order valence-electron chi connectivity index (χ1n) is 4.83. The van der Waals surface area contributed by atoms with Crippen molar-refractivity contribution in [2.45, 2.75) is 6.61 Å². The van der Waals surface area contributed by atoms with Crippen molar-refractivity contribution in [1.29, 1.82) is 0 Å². The van der Waals surface area contributed by atoms with E-state index in [4.69, 9.17) is 5.73 Å². The Morgan fingerprint density at radius 2 is 2.00 bits per heavy atom. The van der Waals surface area contributed by atoms with Crippen LogP contribution in [0.4, 0.5) is 8.78 Å². The number of aromatic nitrogens is 3. The van der Waals surface area contributed by atoms with Gasteiger partial charge in [0.1, 0.15) is 12.1 Å². The lowest BCUT2D eigenvalue weighted by molar-refractivity contribution is -0.0498. The van der Waals surface area contributed by atoms with Crippen molar-refractivity contribution in [1.82, 2.24) is 14.8 Å². The molecule has 1 amide bonds. The van der Waals surface area contributed by atoms with Gasteiger partial charge in [-0.05, 0) is 24.3 Å².